The predicted octanol–water partition coefficient (Wildman–Crippen LogP) is 7.78. The van der Waals surface area contributed by atoms with E-state index in [1.165, 1.54) is 44.9 Å². The molecule has 0 bridgehead atoms. The summed E-state index contributed by atoms with van der Waals surface area (Å²) in [5.74, 6) is -0.666. The highest BCUT2D eigenvalue weighted by molar-refractivity contribution is 5.66. The van der Waals surface area contributed by atoms with Crippen LogP contribution in [0.5, 0.6) is 0 Å². The standard InChI is InChI=1S/C24H40O2/c1-2-3-4-5-6-7-8-9-10-11-12-13-14-15-16-17-18-19-20-21-22-23-24(25)26/h3-4,6-7,9-10,12-13H,2,5,8,11,14-23H2,1H3,(H,25,26)/b4-3+,7-6+,10-9+,13-12+. The summed E-state index contributed by atoms with van der Waals surface area (Å²) < 4.78 is 0. The number of hydrogen-bond donors (Lipinski definition) is 1. The van der Waals surface area contributed by atoms with Crippen LogP contribution < -0.4 is 0 Å². The molecule has 0 saturated heterocycles. The summed E-state index contributed by atoms with van der Waals surface area (Å²) in [4.78, 5) is 10.4. The Morgan fingerprint density at radius 1 is 0.615 bits per heavy atom. The fourth-order valence-electron chi connectivity index (χ4n) is 2.70. The number of carboxylic acid groups (broad SMARTS) is 1. The lowest BCUT2D eigenvalue weighted by molar-refractivity contribution is -0.137. The molecule has 0 aromatic heterocycles. The zero-order valence-electron chi connectivity index (χ0n) is 16.9. The summed E-state index contributed by atoms with van der Waals surface area (Å²) in [6.45, 7) is 2.16. The summed E-state index contributed by atoms with van der Waals surface area (Å²) in [5, 5.41) is 8.56. The maximum atomic E-state index is 10.4. The molecule has 2 nitrogen and oxygen atoms in total. The number of carboxylic acids is 1. The fraction of sp³-hybridized carbons (Fsp3) is 0.625. The molecule has 0 unspecified atom stereocenters. The molecule has 0 fully saturated rings. The quantitative estimate of drug-likeness (QED) is 0.200. The first-order valence-corrected chi connectivity index (χ1v) is 10.6. The lowest BCUT2D eigenvalue weighted by atomic mass is 10.1. The number of rotatable bonds is 18. The molecule has 0 aliphatic rings. The summed E-state index contributed by atoms with van der Waals surface area (Å²) in [5.41, 5.74) is 0. The van der Waals surface area contributed by atoms with Crippen molar-refractivity contribution in [2.24, 2.45) is 0 Å². The minimum atomic E-state index is -0.666. The Hall–Kier alpha value is -1.57. The van der Waals surface area contributed by atoms with Crippen molar-refractivity contribution in [1.82, 2.24) is 0 Å². The van der Waals surface area contributed by atoms with Crippen molar-refractivity contribution in [3.05, 3.63) is 48.6 Å². The van der Waals surface area contributed by atoms with Crippen molar-refractivity contribution in [1.29, 1.82) is 0 Å². The lowest BCUT2D eigenvalue weighted by Crippen LogP contribution is -1.93. The second kappa shape index (κ2) is 21.5. The second-order valence-corrected chi connectivity index (χ2v) is 6.76. The van der Waals surface area contributed by atoms with Crippen molar-refractivity contribution in [3.63, 3.8) is 0 Å². The highest BCUT2D eigenvalue weighted by Crippen LogP contribution is 2.11. The maximum Gasteiger partial charge on any atom is 0.303 e. The molecule has 0 aliphatic heterocycles. The lowest BCUT2D eigenvalue weighted by Gasteiger charge is -2.00. The largest absolute Gasteiger partial charge is 0.481 e. The zero-order chi connectivity index (χ0) is 19.1. The molecule has 0 aromatic carbocycles. The third-order valence-electron chi connectivity index (χ3n) is 4.23. The highest BCUT2D eigenvalue weighted by atomic mass is 16.4. The van der Waals surface area contributed by atoms with Gasteiger partial charge in [-0.15, -0.1) is 0 Å². The molecule has 0 saturated carbocycles. The van der Waals surface area contributed by atoms with Gasteiger partial charge in [-0.05, 0) is 44.9 Å². The molecule has 0 radical (unpaired) electrons. The van der Waals surface area contributed by atoms with Gasteiger partial charge in [-0.1, -0.05) is 94.1 Å². The van der Waals surface area contributed by atoms with Crippen LogP contribution in [0.4, 0.5) is 0 Å². The van der Waals surface area contributed by atoms with Crippen LogP contribution in [-0.4, -0.2) is 11.1 Å². The van der Waals surface area contributed by atoms with E-state index in [1.807, 2.05) is 0 Å². The second-order valence-electron chi connectivity index (χ2n) is 6.76. The predicted molar refractivity (Wildman–Crippen MR) is 115 cm³/mol. The van der Waals surface area contributed by atoms with Gasteiger partial charge in [0.15, 0.2) is 0 Å². The summed E-state index contributed by atoms with van der Waals surface area (Å²) in [6.07, 6.45) is 33.2. The summed E-state index contributed by atoms with van der Waals surface area (Å²) in [7, 11) is 0. The molecular formula is C24H40O2. The van der Waals surface area contributed by atoms with E-state index in [2.05, 4.69) is 55.5 Å². The van der Waals surface area contributed by atoms with E-state index in [1.54, 1.807) is 0 Å². The SMILES string of the molecule is CC/C=C/C/C=C/C/C=C/C/C=C/CCCCCCCCCCC(=O)O. The number of carbonyl (C=O) groups is 1. The molecule has 2 heteroatoms. The molecule has 0 spiro atoms. The number of allylic oxidation sites excluding steroid dienone is 8. The Balaban J connectivity index is 3.27. The fourth-order valence-corrected chi connectivity index (χ4v) is 2.70. The van der Waals surface area contributed by atoms with Crippen LogP contribution >= 0.6 is 0 Å². The normalized spacial score (nSPS) is 12.3. The minimum Gasteiger partial charge on any atom is -0.481 e. The molecule has 0 atom stereocenters. The van der Waals surface area contributed by atoms with E-state index in [0.717, 1.165) is 38.5 Å². The number of aliphatic carboxylic acids is 1. The molecule has 0 heterocycles. The monoisotopic (exact) mass is 360 g/mol. The Kier molecular flexibility index (Phi) is 20.2. The first-order valence-electron chi connectivity index (χ1n) is 10.6. The topological polar surface area (TPSA) is 37.3 Å². The van der Waals surface area contributed by atoms with Crippen LogP contribution in [0.15, 0.2) is 48.6 Å². The van der Waals surface area contributed by atoms with Crippen molar-refractivity contribution in [3.8, 4) is 0 Å². The van der Waals surface area contributed by atoms with Crippen LogP contribution in [0.3, 0.4) is 0 Å². The van der Waals surface area contributed by atoms with Gasteiger partial charge in [0, 0.05) is 6.42 Å². The van der Waals surface area contributed by atoms with E-state index >= 15 is 0 Å². The molecule has 148 valence electrons. The van der Waals surface area contributed by atoms with Gasteiger partial charge >= 0.3 is 5.97 Å². The van der Waals surface area contributed by atoms with Gasteiger partial charge in [0.1, 0.15) is 0 Å². The van der Waals surface area contributed by atoms with Crippen LogP contribution in [0.2, 0.25) is 0 Å². The number of hydrogen-bond acceptors (Lipinski definition) is 1. The van der Waals surface area contributed by atoms with E-state index in [0.29, 0.717) is 6.42 Å². The third-order valence-corrected chi connectivity index (χ3v) is 4.23. The van der Waals surface area contributed by atoms with Gasteiger partial charge in [0.2, 0.25) is 0 Å². The molecule has 0 rings (SSSR count). The van der Waals surface area contributed by atoms with Gasteiger partial charge in [-0.3, -0.25) is 4.79 Å². The average molecular weight is 361 g/mol. The van der Waals surface area contributed by atoms with Crippen LogP contribution in [-0.2, 0) is 4.79 Å². The Bertz CT molecular complexity index is 416. The van der Waals surface area contributed by atoms with E-state index in [9.17, 15) is 4.79 Å². The molecule has 1 N–H and O–H groups in total. The molecular weight excluding hydrogens is 320 g/mol. The smallest absolute Gasteiger partial charge is 0.303 e. The average Bonchev–Trinajstić information content (AvgIpc) is 2.62. The first-order chi connectivity index (χ1) is 12.8. The van der Waals surface area contributed by atoms with Gasteiger partial charge in [-0.2, -0.15) is 0 Å². The summed E-state index contributed by atoms with van der Waals surface area (Å²) >= 11 is 0. The van der Waals surface area contributed by atoms with Gasteiger partial charge < -0.3 is 5.11 Å². The van der Waals surface area contributed by atoms with E-state index in [-0.39, 0.29) is 0 Å². The Labute approximate surface area is 161 Å². The third kappa shape index (κ3) is 22.4. The zero-order valence-corrected chi connectivity index (χ0v) is 16.9. The van der Waals surface area contributed by atoms with Gasteiger partial charge in [-0.25, -0.2) is 0 Å². The van der Waals surface area contributed by atoms with Crippen molar-refractivity contribution in [2.45, 2.75) is 96.8 Å². The maximum absolute atomic E-state index is 10.4. The molecule has 0 aliphatic carbocycles. The minimum absolute atomic E-state index is 0.328. The van der Waals surface area contributed by atoms with Crippen LogP contribution in [0.1, 0.15) is 96.8 Å². The van der Waals surface area contributed by atoms with E-state index < -0.39 is 5.97 Å². The van der Waals surface area contributed by atoms with Crippen molar-refractivity contribution >= 4 is 5.97 Å². The van der Waals surface area contributed by atoms with Crippen molar-refractivity contribution in [2.75, 3.05) is 0 Å². The molecule has 0 aromatic rings. The van der Waals surface area contributed by atoms with Crippen LogP contribution in [0.25, 0.3) is 0 Å². The Morgan fingerprint density at radius 3 is 1.54 bits per heavy atom. The van der Waals surface area contributed by atoms with Gasteiger partial charge in [0.25, 0.3) is 0 Å². The molecule has 0 amide bonds. The first kappa shape index (κ1) is 24.4. The number of unbranched alkanes of at least 4 members (excludes halogenated alkanes) is 8. The van der Waals surface area contributed by atoms with Gasteiger partial charge in [0.05, 0.1) is 0 Å². The summed E-state index contributed by atoms with van der Waals surface area (Å²) in [6, 6.07) is 0. The molecule has 26 heavy (non-hydrogen) atoms. The van der Waals surface area contributed by atoms with E-state index in [4.69, 9.17) is 5.11 Å². The Morgan fingerprint density at radius 2 is 1.04 bits per heavy atom. The highest BCUT2D eigenvalue weighted by Gasteiger charge is 1.96. The van der Waals surface area contributed by atoms with Crippen molar-refractivity contribution < 1.29 is 9.90 Å². The van der Waals surface area contributed by atoms with Crippen LogP contribution in [0, 0.1) is 0 Å².